The molecule has 0 spiro atoms. The fraction of sp³-hybridized carbons (Fsp3) is 0.222. The predicted molar refractivity (Wildman–Crippen MR) is 135 cm³/mol. The molecule has 0 aliphatic heterocycles. The van der Waals surface area contributed by atoms with Crippen molar-refractivity contribution in [3.8, 4) is 22.5 Å². The van der Waals surface area contributed by atoms with Crippen molar-refractivity contribution >= 4 is 28.1 Å². The molecule has 6 rings (SSSR count). The Balaban J connectivity index is 1.44. The Hall–Kier alpha value is -4.33. The zero-order valence-corrected chi connectivity index (χ0v) is 19.1. The van der Waals surface area contributed by atoms with Crippen LogP contribution in [-0.2, 0) is 4.79 Å². The van der Waals surface area contributed by atoms with E-state index in [0.717, 1.165) is 64.9 Å². The number of nitrogens with zero attached hydrogens (tertiary/aromatic N) is 5. The van der Waals surface area contributed by atoms with Gasteiger partial charge in [-0.05, 0) is 37.8 Å². The minimum atomic E-state index is -0.220. The highest BCUT2D eigenvalue weighted by atomic mass is 16.1. The van der Waals surface area contributed by atoms with Gasteiger partial charge in [0.15, 0.2) is 5.82 Å². The van der Waals surface area contributed by atoms with Gasteiger partial charge in [0.05, 0.1) is 11.2 Å². The number of imidazole rings is 1. The van der Waals surface area contributed by atoms with E-state index in [-0.39, 0.29) is 17.7 Å². The number of anilines is 1. The number of aromatic nitrogens is 5. The lowest BCUT2D eigenvalue weighted by molar-refractivity contribution is -0.122. The molecule has 2 aromatic carbocycles. The van der Waals surface area contributed by atoms with Gasteiger partial charge in [0.1, 0.15) is 23.4 Å². The van der Waals surface area contributed by atoms with Crippen molar-refractivity contribution in [2.24, 2.45) is 11.7 Å². The first kappa shape index (κ1) is 21.2. The first-order valence-corrected chi connectivity index (χ1v) is 11.8. The standard InChI is InChI=1S/C27H25N7O/c28-25-24-23(33-27(34(24)31-15-30-25)19-9-7-18(8-10-19)26(29)35)20-11-6-17-12-13-21(32-22(17)14-20)16-4-2-1-3-5-16/h1-6,11-15,18-19H,7-10H2,(H2,29,35)(H2,28,30,31). The van der Waals surface area contributed by atoms with Crippen LogP contribution in [0.2, 0.25) is 0 Å². The van der Waals surface area contributed by atoms with Gasteiger partial charge >= 0.3 is 0 Å². The third kappa shape index (κ3) is 3.77. The molecule has 8 heteroatoms. The molecule has 1 aliphatic rings. The molecule has 0 unspecified atom stereocenters. The summed E-state index contributed by atoms with van der Waals surface area (Å²) in [4.78, 5) is 25.8. The van der Waals surface area contributed by atoms with Crippen molar-refractivity contribution in [1.29, 1.82) is 0 Å². The Morgan fingerprint density at radius 3 is 2.46 bits per heavy atom. The molecule has 0 atom stereocenters. The van der Waals surface area contributed by atoms with Crippen LogP contribution in [0.25, 0.3) is 38.9 Å². The molecule has 0 radical (unpaired) electrons. The molecule has 8 nitrogen and oxygen atoms in total. The highest BCUT2D eigenvalue weighted by molar-refractivity contribution is 5.91. The summed E-state index contributed by atoms with van der Waals surface area (Å²) in [5, 5.41) is 5.54. The van der Waals surface area contributed by atoms with Gasteiger partial charge in [0.25, 0.3) is 0 Å². The molecule has 5 aromatic rings. The molecule has 1 amide bonds. The van der Waals surface area contributed by atoms with Crippen molar-refractivity contribution < 1.29 is 4.79 Å². The number of carbonyl (C=O) groups excluding carboxylic acids is 1. The number of nitrogens with two attached hydrogens (primary N) is 2. The zero-order valence-electron chi connectivity index (χ0n) is 19.1. The van der Waals surface area contributed by atoms with Gasteiger partial charge in [-0.2, -0.15) is 5.10 Å². The number of primary amides is 1. The average molecular weight is 464 g/mol. The summed E-state index contributed by atoms with van der Waals surface area (Å²) >= 11 is 0. The van der Waals surface area contributed by atoms with E-state index < -0.39 is 0 Å². The maximum atomic E-state index is 11.6. The van der Waals surface area contributed by atoms with E-state index >= 15 is 0 Å². The summed E-state index contributed by atoms with van der Waals surface area (Å²) in [7, 11) is 0. The number of rotatable bonds is 4. The molecular formula is C27H25N7O. The molecule has 174 valence electrons. The number of fused-ring (bicyclic) bond motifs is 2. The Morgan fingerprint density at radius 1 is 0.914 bits per heavy atom. The van der Waals surface area contributed by atoms with Crippen molar-refractivity contribution in [2.75, 3.05) is 5.73 Å². The first-order valence-electron chi connectivity index (χ1n) is 11.8. The van der Waals surface area contributed by atoms with E-state index in [9.17, 15) is 4.79 Å². The lowest BCUT2D eigenvalue weighted by Gasteiger charge is -2.25. The smallest absolute Gasteiger partial charge is 0.220 e. The van der Waals surface area contributed by atoms with E-state index in [4.69, 9.17) is 21.4 Å². The fourth-order valence-corrected chi connectivity index (χ4v) is 5.11. The minimum absolute atomic E-state index is 0.0676. The number of amides is 1. The maximum Gasteiger partial charge on any atom is 0.220 e. The van der Waals surface area contributed by atoms with Gasteiger partial charge in [-0.15, -0.1) is 0 Å². The van der Waals surface area contributed by atoms with Crippen LogP contribution in [0.3, 0.4) is 0 Å². The quantitative estimate of drug-likeness (QED) is 0.408. The summed E-state index contributed by atoms with van der Waals surface area (Å²) in [6.07, 6.45) is 4.63. The van der Waals surface area contributed by atoms with Crippen molar-refractivity contribution in [3.05, 3.63) is 72.8 Å². The molecule has 3 aromatic heterocycles. The summed E-state index contributed by atoms with van der Waals surface area (Å²) in [6.45, 7) is 0. The van der Waals surface area contributed by atoms with Crippen LogP contribution < -0.4 is 11.5 Å². The second-order valence-electron chi connectivity index (χ2n) is 9.15. The number of nitrogen functional groups attached to an aromatic ring is 1. The molecule has 35 heavy (non-hydrogen) atoms. The molecule has 1 aliphatic carbocycles. The average Bonchev–Trinajstić information content (AvgIpc) is 3.30. The minimum Gasteiger partial charge on any atom is -0.382 e. The first-order chi connectivity index (χ1) is 17.1. The SMILES string of the molecule is NC(=O)C1CCC(c2nc(-c3ccc4ccc(-c5ccccc5)nc4c3)c3c(N)ncnn23)CC1. The number of hydrogen-bond donors (Lipinski definition) is 2. The lowest BCUT2D eigenvalue weighted by atomic mass is 9.81. The van der Waals surface area contributed by atoms with E-state index in [1.807, 2.05) is 40.9 Å². The van der Waals surface area contributed by atoms with Gasteiger partial charge in [-0.1, -0.05) is 48.5 Å². The lowest BCUT2D eigenvalue weighted by Crippen LogP contribution is -2.27. The Bertz CT molecular complexity index is 1550. The molecule has 0 bridgehead atoms. The van der Waals surface area contributed by atoms with E-state index in [0.29, 0.717) is 11.3 Å². The maximum absolute atomic E-state index is 11.6. The van der Waals surface area contributed by atoms with Gasteiger partial charge < -0.3 is 11.5 Å². The second kappa shape index (κ2) is 8.47. The van der Waals surface area contributed by atoms with Gasteiger partial charge in [-0.3, -0.25) is 4.79 Å². The van der Waals surface area contributed by atoms with Crippen LogP contribution in [0.4, 0.5) is 5.82 Å². The summed E-state index contributed by atoms with van der Waals surface area (Å²) in [5.74, 6) is 1.11. The van der Waals surface area contributed by atoms with Crippen LogP contribution in [0.1, 0.15) is 37.4 Å². The third-order valence-corrected chi connectivity index (χ3v) is 7.02. The number of benzene rings is 2. The summed E-state index contributed by atoms with van der Waals surface area (Å²) in [5.41, 5.74) is 17.1. The normalized spacial score (nSPS) is 18.2. The summed E-state index contributed by atoms with van der Waals surface area (Å²) in [6, 6.07) is 20.4. The number of carbonyl (C=O) groups is 1. The van der Waals surface area contributed by atoms with Gasteiger partial charge in [0.2, 0.25) is 5.91 Å². The monoisotopic (exact) mass is 463 g/mol. The van der Waals surface area contributed by atoms with Gasteiger partial charge in [-0.25, -0.2) is 19.5 Å². The molecule has 4 N–H and O–H groups in total. The second-order valence-corrected chi connectivity index (χ2v) is 9.15. The van der Waals surface area contributed by atoms with E-state index in [2.05, 4.69) is 34.3 Å². The zero-order chi connectivity index (χ0) is 23.9. The summed E-state index contributed by atoms with van der Waals surface area (Å²) < 4.78 is 1.81. The number of pyridine rings is 1. The van der Waals surface area contributed by atoms with Gasteiger partial charge in [0, 0.05) is 28.3 Å². The van der Waals surface area contributed by atoms with Crippen molar-refractivity contribution in [2.45, 2.75) is 31.6 Å². The van der Waals surface area contributed by atoms with E-state index in [1.54, 1.807) is 0 Å². The Kier molecular flexibility index (Phi) is 5.13. The largest absolute Gasteiger partial charge is 0.382 e. The van der Waals surface area contributed by atoms with Crippen LogP contribution in [0, 0.1) is 5.92 Å². The van der Waals surface area contributed by atoms with Crippen LogP contribution in [0.5, 0.6) is 0 Å². The molecule has 1 saturated carbocycles. The highest BCUT2D eigenvalue weighted by Crippen LogP contribution is 2.38. The predicted octanol–water partition coefficient (Wildman–Crippen LogP) is 4.35. The molecule has 0 saturated heterocycles. The van der Waals surface area contributed by atoms with Crippen LogP contribution >= 0.6 is 0 Å². The van der Waals surface area contributed by atoms with Crippen molar-refractivity contribution in [3.63, 3.8) is 0 Å². The topological polar surface area (TPSA) is 125 Å². The molecule has 3 heterocycles. The van der Waals surface area contributed by atoms with Crippen molar-refractivity contribution in [1.82, 2.24) is 24.6 Å². The molecular weight excluding hydrogens is 438 g/mol. The Morgan fingerprint density at radius 2 is 1.69 bits per heavy atom. The Labute approximate surface area is 202 Å². The fourth-order valence-electron chi connectivity index (χ4n) is 5.11. The molecule has 1 fully saturated rings. The highest BCUT2D eigenvalue weighted by Gasteiger charge is 2.30. The van der Waals surface area contributed by atoms with E-state index in [1.165, 1.54) is 6.33 Å². The van der Waals surface area contributed by atoms with Crippen LogP contribution in [0.15, 0.2) is 67.0 Å². The number of hydrogen-bond acceptors (Lipinski definition) is 6. The van der Waals surface area contributed by atoms with Crippen LogP contribution in [-0.4, -0.2) is 30.5 Å². The third-order valence-electron chi connectivity index (χ3n) is 7.02.